The van der Waals surface area contributed by atoms with Gasteiger partial charge in [-0.3, -0.25) is 0 Å². The number of nitrogens with one attached hydrogen (secondary N) is 1. The molecule has 0 aliphatic heterocycles. The van der Waals surface area contributed by atoms with E-state index in [1.54, 1.807) is 11.3 Å². The zero-order valence-corrected chi connectivity index (χ0v) is 16.2. The highest BCUT2D eigenvalue weighted by Gasteiger charge is 2.07. The third-order valence-corrected chi connectivity index (χ3v) is 4.76. The van der Waals surface area contributed by atoms with Crippen LogP contribution in [0.2, 0.25) is 0 Å². The largest absolute Gasteiger partial charge is 0.383 e. The van der Waals surface area contributed by atoms with Gasteiger partial charge in [0.15, 0.2) is 0 Å². The molecule has 1 aromatic carbocycles. The van der Waals surface area contributed by atoms with Crippen LogP contribution in [0, 0.1) is 6.92 Å². The molecule has 2 aromatic heterocycles. The molecule has 0 amide bonds. The van der Waals surface area contributed by atoms with E-state index < -0.39 is 0 Å². The Kier molecular flexibility index (Phi) is 5.80. The molecule has 0 atom stereocenters. The molecule has 0 radical (unpaired) electrons. The van der Waals surface area contributed by atoms with Gasteiger partial charge >= 0.3 is 0 Å². The quantitative estimate of drug-likeness (QED) is 0.661. The average Bonchev–Trinajstić information content (AvgIpc) is 3.03. The number of hydrogen-bond acceptors (Lipinski definition) is 7. The van der Waals surface area contributed by atoms with Gasteiger partial charge < -0.3 is 16.0 Å². The van der Waals surface area contributed by atoms with E-state index in [0.717, 1.165) is 46.9 Å². The molecule has 6 nitrogen and oxygen atoms in total. The smallest absolute Gasteiger partial charge is 0.229 e. The molecule has 7 heteroatoms. The monoisotopic (exact) mass is 368 g/mol. The van der Waals surface area contributed by atoms with E-state index >= 15 is 0 Å². The van der Waals surface area contributed by atoms with Crippen molar-refractivity contribution in [3.8, 4) is 11.3 Å². The molecule has 0 bridgehead atoms. The van der Waals surface area contributed by atoms with Crippen molar-refractivity contribution in [2.75, 3.05) is 31.7 Å². The predicted molar refractivity (Wildman–Crippen MR) is 109 cm³/mol. The average molecular weight is 369 g/mol. The maximum absolute atomic E-state index is 6.10. The first-order chi connectivity index (χ1) is 12.5. The van der Waals surface area contributed by atoms with Crippen molar-refractivity contribution in [1.29, 1.82) is 0 Å². The van der Waals surface area contributed by atoms with Crippen molar-refractivity contribution in [3.05, 3.63) is 46.4 Å². The van der Waals surface area contributed by atoms with Crippen molar-refractivity contribution in [2.45, 2.75) is 19.8 Å². The second-order valence-electron chi connectivity index (χ2n) is 6.47. The van der Waals surface area contributed by atoms with Gasteiger partial charge in [-0.1, -0.05) is 12.1 Å². The number of anilines is 3. The summed E-state index contributed by atoms with van der Waals surface area (Å²) in [6.07, 6.45) is 3.72. The summed E-state index contributed by atoms with van der Waals surface area (Å²) in [6.45, 7) is 3.02. The number of nitrogen functional groups attached to an aromatic ring is 1. The Bertz CT molecular complexity index is 874. The zero-order chi connectivity index (χ0) is 18.5. The number of rotatable bonds is 7. The predicted octanol–water partition coefficient (Wildman–Crippen LogP) is 3.73. The van der Waals surface area contributed by atoms with Crippen LogP contribution >= 0.6 is 11.3 Å². The standard InChI is InChI=1S/C19H24N6S/c1-13-22-17(12-26-13)14-6-4-8-16(10-14)23-19-21-11-15(18(20)24-19)7-5-9-25(2)3/h4,6,8,10-12H,5,7,9H2,1-3H3,(H3,20,21,23,24). The van der Waals surface area contributed by atoms with E-state index in [2.05, 4.69) is 44.6 Å². The molecule has 0 spiro atoms. The summed E-state index contributed by atoms with van der Waals surface area (Å²) in [6, 6.07) is 8.06. The number of thiazole rings is 1. The van der Waals surface area contributed by atoms with E-state index in [0.29, 0.717) is 11.8 Å². The second-order valence-corrected chi connectivity index (χ2v) is 7.53. The van der Waals surface area contributed by atoms with Crippen LogP contribution in [0.15, 0.2) is 35.8 Å². The maximum atomic E-state index is 6.10. The van der Waals surface area contributed by atoms with Gasteiger partial charge in [0.25, 0.3) is 0 Å². The molecule has 0 unspecified atom stereocenters. The highest BCUT2D eigenvalue weighted by atomic mass is 32.1. The van der Waals surface area contributed by atoms with E-state index in [1.165, 1.54) is 0 Å². The van der Waals surface area contributed by atoms with Crippen LogP contribution in [0.3, 0.4) is 0 Å². The molecule has 0 saturated heterocycles. The van der Waals surface area contributed by atoms with Crippen LogP contribution < -0.4 is 11.1 Å². The molecular formula is C19H24N6S. The maximum Gasteiger partial charge on any atom is 0.229 e. The normalized spacial score (nSPS) is 11.1. The van der Waals surface area contributed by atoms with Gasteiger partial charge in [-0.2, -0.15) is 4.98 Å². The van der Waals surface area contributed by atoms with Crippen LogP contribution in [-0.2, 0) is 6.42 Å². The number of aryl methyl sites for hydroxylation is 2. The molecule has 0 aliphatic carbocycles. The third-order valence-electron chi connectivity index (χ3n) is 3.98. The van der Waals surface area contributed by atoms with Crippen LogP contribution in [0.4, 0.5) is 17.5 Å². The van der Waals surface area contributed by atoms with Gasteiger partial charge in [0.1, 0.15) is 5.82 Å². The van der Waals surface area contributed by atoms with Crippen molar-refractivity contribution in [1.82, 2.24) is 19.9 Å². The van der Waals surface area contributed by atoms with E-state index in [-0.39, 0.29) is 0 Å². The Balaban J connectivity index is 1.70. The van der Waals surface area contributed by atoms with Gasteiger partial charge in [-0.15, -0.1) is 11.3 Å². The molecule has 0 aliphatic rings. The minimum absolute atomic E-state index is 0.505. The molecule has 0 saturated carbocycles. The Morgan fingerprint density at radius 3 is 2.77 bits per heavy atom. The van der Waals surface area contributed by atoms with Gasteiger partial charge in [0.05, 0.1) is 10.7 Å². The Labute approximate surface area is 158 Å². The molecule has 3 N–H and O–H groups in total. The molecule has 3 aromatic rings. The van der Waals surface area contributed by atoms with Crippen LogP contribution in [-0.4, -0.2) is 40.5 Å². The van der Waals surface area contributed by atoms with Gasteiger partial charge in [-0.25, -0.2) is 9.97 Å². The number of hydrogen-bond donors (Lipinski definition) is 2. The van der Waals surface area contributed by atoms with Crippen LogP contribution in [0.25, 0.3) is 11.3 Å². The fraction of sp³-hybridized carbons (Fsp3) is 0.316. The minimum Gasteiger partial charge on any atom is -0.383 e. The van der Waals surface area contributed by atoms with Crippen molar-refractivity contribution >= 4 is 28.8 Å². The zero-order valence-electron chi connectivity index (χ0n) is 15.4. The Morgan fingerprint density at radius 2 is 2.08 bits per heavy atom. The number of nitrogens with two attached hydrogens (primary N) is 1. The van der Waals surface area contributed by atoms with Crippen molar-refractivity contribution in [3.63, 3.8) is 0 Å². The SMILES string of the molecule is Cc1nc(-c2cccc(Nc3ncc(CCCN(C)C)c(N)n3)c2)cs1. The Hall–Kier alpha value is -2.51. The lowest BCUT2D eigenvalue weighted by molar-refractivity contribution is 0.400. The van der Waals surface area contributed by atoms with Gasteiger partial charge in [0.2, 0.25) is 5.95 Å². The van der Waals surface area contributed by atoms with Gasteiger partial charge in [-0.05, 0) is 52.5 Å². The number of benzene rings is 1. The molecule has 2 heterocycles. The number of aromatic nitrogens is 3. The minimum atomic E-state index is 0.505. The molecular weight excluding hydrogens is 344 g/mol. The first-order valence-electron chi connectivity index (χ1n) is 8.57. The third kappa shape index (κ3) is 4.77. The fourth-order valence-electron chi connectivity index (χ4n) is 2.64. The topological polar surface area (TPSA) is 80.0 Å². The summed E-state index contributed by atoms with van der Waals surface area (Å²) in [4.78, 5) is 15.5. The summed E-state index contributed by atoms with van der Waals surface area (Å²) in [7, 11) is 4.13. The fourth-order valence-corrected chi connectivity index (χ4v) is 3.26. The number of nitrogens with zero attached hydrogens (tertiary/aromatic N) is 4. The van der Waals surface area contributed by atoms with Gasteiger partial charge in [0, 0.05) is 28.4 Å². The van der Waals surface area contributed by atoms with E-state index in [1.807, 2.05) is 37.4 Å². The van der Waals surface area contributed by atoms with E-state index in [4.69, 9.17) is 5.73 Å². The highest BCUT2D eigenvalue weighted by molar-refractivity contribution is 7.09. The lowest BCUT2D eigenvalue weighted by Gasteiger charge is -2.11. The first-order valence-corrected chi connectivity index (χ1v) is 9.45. The highest BCUT2D eigenvalue weighted by Crippen LogP contribution is 2.25. The molecule has 3 rings (SSSR count). The Morgan fingerprint density at radius 1 is 1.23 bits per heavy atom. The van der Waals surface area contributed by atoms with Crippen molar-refractivity contribution in [2.24, 2.45) is 0 Å². The summed E-state index contributed by atoms with van der Waals surface area (Å²) < 4.78 is 0. The summed E-state index contributed by atoms with van der Waals surface area (Å²) in [5.74, 6) is 1.04. The summed E-state index contributed by atoms with van der Waals surface area (Å²) in [5, 5.41) is 6.34. The van der Waals surface area contributed by atoms with Crippen LogP contribution in [0.5, 0.6) is 0 Å². The van der Waals surface area contributed by atoms with Crippen LogP contribution in [0.1, 0.15) is 17.0 Å². The first kappa shape index (κ1) is 18.3. The molecule has 0 fully saturated rings. The second kappa shape index (κ2) is 8.25. The summed E-state index contributed by atoms with van der Waals surface area (Å²) in [5.41, 5.74) is 10.0. The molecule has 26 heavy (non-hydrogen) atoms. The van der Waals surface area contributed by atoms with E-state index in [9.17, 15) is 0 Å². The summed E-state index contributed by atoms with van der Waals surface area (Å²) >= 11 is 1.64. The lowest BCUT2D eigenvalue weighted by atomic mass is 10.1. The lowest BCUT2D eigenvalue weighted by Crippen LogP contribution is -2.14. The van der Waals surface area contributed by atoms with Crippen molar-refractivity contribution < 1.29 is 0 Å². The molecule has 136 valence electrons.